The van der Waals surface area contributed by atoms with Crippen molar-refractivity contribution in [1.29, 1.82) is 0 Å². The van der Waals surface area contributed by atoms with Gasteiger partial charge in [0.25, 0.3) is 0 Å². The number of carbonyl (C=O) groups excluding carboxylic acids is 4. The van der Waals surface area contributed by atoms with E-state index in [0.717, 1.165) is 5.56 Å². The molecule has 0 bridgehead atoms. The molecule has 4 amide bonds. The van der Waals surface area contributed by atoms with Crippen LogP contribution in [0.3, 0.4) is 0 Å². The highest BCUT2D eigenvalue weighted by Crippen LogP contribution is 2.10. The van der Waals surface area contributed by atoms with Gasteiger partial charge in [0.05, 0.1) is 6.04 Å². The molecule has 0 spiro atoms. The molecule has 1 aromatic carbocycles. The first kappa shape index (κ1) is 34.9. The lowest BCUT2D eigenvalue weighted by Crippen LogP contribution is -2.59. The summed E-state index contributed by atoms with van der Waals surface area (Å²) in [5, 5.41) is 20.0. The van der Waals surface area contributed by atoms with E-state index < -0.39 is 59.8 Å². The van der Waals surface area contributed by atoms with Crippen LogP contribution in [0.25, 0.3) is 0 Å². The maximum Gasteiger partial charge on any atom is 0.326 e. The van der Waals surface area contributed by atoms with Crippen LogP contribution in [0.5, 0.6) is 0 Å². The predicted molar refractivity (Wildman–Crippen MR) is 156 cm³/mol. The SMILES string of the molecule is CC[C@H](C)[C@H](N)C(=O)N[C@H](C(=O)N[C@@H](CCSC)C(=O)N[C@@H](C)C(=O)N[C@@H](Cc1ccccc1)C(=O)O)C(C)C. The number of rotatable bonds is 17. The van der Waals surface area contributed by atoms with E-state index in [0.29, 0.717) is 12.2 Å². The standard InChI is InChI=1S/C28H45N5O6S/c1-7-17(4)22(29)26(36)33-23(16(2)3)27(37)31-20(13-14-40-6)25(35)30-18(5)24(34)32-21(28(38)39)15-19-11-9-8-10-12-19/h8-12,16-18,20-23H,7,13-15,29H2,1-6H3,(H,30,35)(H,31,37)(H,32,34)(H,33,36)(H,38,39)/t17-,18-,20-,21-,22-,23-/m0/s1. The fraction of sp³-hybridized carbons (Fsp3) is 0.607. The normalized spacial score (nSPS) is 15.6. The number of carbonyl (C=O) groups is 5. The van der Waals surface area contributed by atoms with Crippen LogP contribution >= 0.6 is 11.8 Å². The Bertz CT molecular complexity index is 993. The number of nitrogens with two attached hydrogens (primary N) is 1. The number of carboxylic acid groups (broad SMARTS) is 1. The third-order valence-corrected chi connectivity index (χ3v) is 7.34. The van der Waals surface area contributed by atoms with Crippen LogP contribution in [-0.2, 0) is 30.4 Å². The number of nitrogens with one attached hydrogen (secondary N) is 4. The van der Waals surface area contributed by atoms with Gasteiger partial charge in [0.1, 0.15) is 24.2 Å². The summed E-state index contributed by atoms with van der Waals surface area (Å²) in [4.78, 5) is 63.4. The minimum absolute atomic E-state index is 0.0722. The van der Waals surface area contributed by atoms with Gasteiger partial charge >= 0.3 is 5.97 Å². The zero-order valence-corrected chi connectivity index (χ0v) is 25.0. The summed E-state index contributed by atoms with van der Waals surface area (Å²) in [6.07, 6.45) is 2.93. The number of thioether (sulfide) groups is 1. The minimum Gasteiger partial charge on any atom is -0.480 e. The molecule has 1 aromatic rings. The summed E-state index contributed by atoms with van der Waals surface area (Å²) in [5.41, 5.74) is 6.77. The van der Waals surface area contributed by atoms with E-state index in [9.17, 15) is 29.1 Å². The van der Waals surface area contributed by atoms with Crippen molar-refractivity contribution in [2.24, 2.45) is 17.6 Å². The molecule has 0 unspecified atom stereocenters. The monoisotopic (exact) mass is 579 g/mol. The van der Waals surface area contributed by atoms with Crippen molar-refractivity contribution in [3.8, 4) is 0 Å². The Hall–Kier alpha value is -3.12. The fourth-order valence-electron chi connectivity index (χ4n) is 3.79. The molecule has 7 N–H and O–H groups in total. The second-order valence-electron chi connectivity index (χ2n) is 10.3. The van der Waals surface area contributed by atoms with Gasteiger partial charge in [0, 0.05) is 6.42 Å². The molecule has 0 aliphatic carbocycles. The summed E-state index contributed by atoms with van der Waals surface area (Å²) in [6, 6.07) is 3.97. The van der Waals surface area contributed by atoms with Gasteiger partial charge in [-0.1, -0.05) is 64.4 Å². The van der Waals surface area contributed by atoms with Crippen molar-refractivity contribution in [1.82, 2.24) is 21.3 Å². The van der Waals surface area contributed by atoms with E-state index in [1.54, 1.807) is 44.2 Å². The lowest BCUT2D eigenvalue weighted by molar-refractivity contribution is -0.142. The van der Waals surface area contributed by atoms with Crippen molar-refractivity contribution in [3.63, 3.8) is 0 Å². The first-order valence-electron chi connectivity index (χ1n) is 13.5. The molecule has 1 rings (SSSR count). The number of benzene rings is 1. The molecule has 0 aliphatic rings. The Labute approximate surface area is 241 Å². The predicted octanol–water partition coefficient (Wildman–Crippen LogP) is 1.06. The Morgan fingerprint density at radius 2 is 1.45 bits per heavy atom. The molecular weight excluding hydrogens is 534 g/mol. The molecule has 12 heteroatoms. The van der Waals surface area contributed by atoms with E-state index in [2.05, 4.69) is 21.3 Å². The van der Waals surface area contributed by atoms with Crippen LogP contribution in [0.1, 0.15) is 53.0 Å². The van der Waals surface area contributed by atoms with Gasteiger partial charge in [-0.2, -0.15) is 11.8 Å². The first-order valence-corrected chi connectivity index (χ1v) is 14.9. The first-order chi connectivity index (χ1) is 18.8. The number of hydrogen-bond donors (Lipinski definition) is 6. The van der Waals surface area contributed by atoms with E-state index in [4.69, 9.17) is 5.73 Å². The van der Waals surface area contributed by atoms with Gasteiger partial charge in [-0.15, -0.1) is 0 Å². The van der Waals surface area contributed by atoms with Crippen molar-refractivity contribution in [2.75, 3.05) is 12.0 Å². The van der Waals surface area contributed by atoms with E-state index in [1.807, 2.05) is 20.1 Å². The van der Waals surface area contributed by atoms with Gasteiger partial charge in [0.15, 0.2) is 0 Å². The van der Waals surface area contributed by atoms with E-state index >= 15 is 0 Å². The fourth-order valence-corrected chi connectivity index (χ4v) is 4.26. The topological polar surface area (TPSA) is 180 Å². The molecule has 0 fully saturated rings. The molecule has 0 heterocycles. The van der Waals surface area contributed by atoms with Crippen LogP contribution in [0.2, 0.25) is 0 Å². The number of aliphatic carboxylic acids is 1. The van der Waals surface area contributed by atoms with Crippen LogP contribution in [0.15, 0.2) is 30.3 Å². The highest BCUT2D eigenvalue weighted by molar-refractivity contribution is 7.98. The Balaban J connectivity index is 2.90. The summed E-state index contributed by atoms with van der Waals surface area (Å²) >= 11 is 1.48. The third kappa shape index (κ3) is 11.5. The molecule has 0 radical (unpaired) electrons. The van der Waals surface area contributed by atoms with Gasteiger partial charge in [-0.3, -0.25) is 19.2 Å². The van der Waals surface area contributed by atoms with Gasteiger partial charge in [-0.05, 0) is 42.8 Å². The van der Waals surface area contributed by atoms with Crippen LogP contribution in [0, 0.1) is 11.8 Å². The van der Waals surface area contributed by atoms with Gasteiger partial charge in [-0.25, -0.2) is 4.79 Å². The average molecular weight is 580 g/mol. The smallest absolute Gasteiger partial charge is 0.326 e. The number of hydrogen-bond acceptors (Lipinski definition) is 7. The highest BCUT2D eigenvalue weighted by Gasteiger charge is 2.32. The highest BCUT2D eigenvalue weighted by atomic mass is 32.2. The summed E-state index contributed by atoms with van der Waals surface area (Å²) in [7, 11) is 0. The van der Waals surface area contributed by atoms with Crippen molar-refractivity contribution in [3.05, 3.63) is 35.9 Å². The molecule has 40 heavy (non-hydrogen) atoms. The maximum atomic E-state index is 13.2. The molecule has 0 aliphatic heterocycles. The lowest BCUT2D eigenvalue weighted by Gasteiger charge is -2.28. The van der Waals surface area contributed by atoms with Crippen molar-refractivity contribution >= 4 is 41.4 Å². The zero-order valence-electron chi connectivity index (χ0n) is 24.2. The zero-order chi connectivity index (χ0) is 30.4. The average Bonchev–Trinajstić information content (AvgIpc) is 2.92. The molecule has 224 valence electrons. The summed E-state index contributed by atoms with van der Waals surface area (Å²) in [6.45, 7) is 8.77. The van der Waals surface area contributed by atoms with Crippen LogP contribution in [0.4, 0.5) is 0 Å². The Morgan fingerprint density at radius 1 is 0.850 bits per heavy atom. The maximum absolute atomic E-state index is 13.2. The molecular formula is C28H45N5O6S. The van der Waals surface area contributed by atoms with Gasteiger partial charge < -0.3 is 32.1 Å². The molecule has 11 nitrogen and oxygen atoms in total. The Morgan fingerprint density at radius 3 is 1.98 bits per heavy atom. The largest absolute Gasteiger partial charge is 0.480 e. The summed E-state index contributed by atoms with van der Waals surface area (Å²) < 4.78 is 0. The Kier molecular flexibility index (Phi) is 15.3. The minimum atomic E-state index is -1.20. The van der Waals surface area contributed by atoms with Crippen LogP contribution in [-0.4, -0.2) is 76.9 Å². The molecule has 0 saturated carbocycles. The molecule has 0 saturated heterocycles. The number of amides is 4. The van der Waals surface area contributed by atoms with E-state index in [-0.39, 0.29) is 24.7 Å². The second kappa shape index (κ2) is 17.5. The quantitative estimate of drug-likeness (QED) is 0.158. The van der Waals surface area contributed by atoms with Crippen molar-refractivity contribution < 1.29 is 29.1 Å². The number of carboxylic acids is 1. The second-order valence-corrected chi connectivity index (χ2v) is 11.3. The molecule has 0 aromatic heterocycles. The molecule has 6 atom stereocenters. The van der Waals surface area contributed by atoms with Crippen molar-refractivity contribution in [2.45, 2.75) is 84.1 Å². The summed E-state index contributed by atoms with van der Waals surface area (Å²) in [5.74, 6) is -3.24. The van der Waals surface area contributed by atoms with Gasteiger partial charge in [0.2, 0.25) is 23.6 Å². The third-order valence-electron chi connectivity index (χ3n) is 6.70. The lowest BCUT2D eigenvalue weighted by atomic mass is 9.97. The van der Waals surface area contributed by atoms with Crippen LogP contribution < -0.4 is 27.0 Å². The van der Waals surface area contributed by atoms with E-state index in [1.165, 1.54) is 18.7 Å².